The van der Waals surface area contributed by atoms with E-state index in [2.05, 4.69) is 34.4 Å². The predicted molar refractivity (Wildman–Crippen MR) is 101 cm³/mol. The van der Waals surface area contributed by atoms with E-state index in [1.807, 2.05) is 20.0 Å². The van der Waals surface area contributed by atoms with Crippen LogP contribution in [0.15, 0.2) is 6.20 Å². The van der Waals surface area contributed by atoms with Gasteiger partial charge in [-0.3, -0.25) is 0 Å². The Bertz CT molecular complexity index is 727. The molecule has 0 amide bonds. The van der Waals surface area contributed by atoms with Gasteiger partial charge in [-0.05, 0) is 45.4 Å². The van der Waals surface area contributed by atoms with Gasteiger partial charge in [0, 0.05) is 30.4 Å². The van der Waals surface area contributed by atoms with Crippen LogP contribution in [0.25, 0.3) is 0 Å². The average molecular weight is 367 g/mol. The standard InChI is InChI=1S/C18H30N4O2S/c1-12(2)21-16-5-6-25(23,24)18(9-16)7-15(8-18)11-20-17-13(3)10-19-14(4)22-17/h10,12,15-16,21H,5-9,11H2,1-4H3,(H,19,20,22). The van der Waals surface area contributed by atoms with Crippen LogP contribution >= 0.6 is 0 Å². The molecule has 1 atom stereocenters. The molecule has 1 saturated carbocycles. The number of aryl methyl sites for hydroxylation is 2. The molecule has 1 aliphatic carbocycles. The summed E-state index contributed by atoms with van der Waals surface area (Å²) in [7, 11) is -2.98. The number of hydrogen-bond acceptors (Lipinski definition) is 6. The van der Waals surface area contributed by atoms with Crippen molar-refractivity contribution in [2.75, 3.05) is 17.6 Å². The van der Waals surface area contributed by atoms with Gasteiger partial charge in [0.1, 0.15) is 11.6 Å². The SMILES string of the molecule is Cc1ncc(C)c(NCC2CC3(C2)CC(NC(C)C)CCS3(=O)=O)n1. The highest BCUT2D eigenvalue weighted by Crippen LogP contribution is 2.50. The molecule has 2 fully saturated rings. The van der Waals surface area contributed by atoms with E-state index in [0.717, 1.165) is 49.4 Å². The fraction of sp³-hybridized carbons (Fsp3) is 0.778. The summed E-state index contributed by atoms with van der Waals surface area (Å²) in [5, 5.41) is 6.92. The minimum atomic E-state index is -2.98. The minimum Gasteiger partial charge on any atom is -0.369 e. The van der Waals surface area contributed by atoms with Gasteiger partial charge in [-0.15, -0.1) is 0 Å². The number of rotatable bonds is 5. The van der Waals surface area contributed by atoms with E-state index in [4.69, 9.17) is 0 Å². The van der Waals surface area contributed by atoms with Gasteiger partial charge in [0.15, 0.2) is 9.84 Å². The third-order valence-corrected chi connectivity index (χ3v) is 8.15. The van der Waals surface area contributed by atoms with Crippen molar-refractivity contribution in [1.29, 1.82) is 0 Å². The Labute approximate surface area is 151 Å². The lowest BCUT2D eigenvalue weighted by Crippen LogP contribution is -2.59. The van der Waals surface area contributed by atoms with Crippen LogP contribution < -0.4 is 10.6 Å². The zero-order valence-electron chi connectivity index (χ0n) is 15.7. The van der Waals surface area contributed by atoms with Crippen molar-refractivity contribution in [3.8, 4) is 0 Å². The maximum atomic E-state index is 12.7. The van der Waals surface area contributed by atoms with Crippen molar-refractivity contribution in [3.63, 3.8) is 0 Å². The first-order valence-corrected chi connectivity index (χ1v) is 10.9. The maximum absolute atomic E-state index is 12.7. The van der Waals surface area contributed by atoms with Crippen molar-refractivity contribution < 1.29 is 8.42 Å². The molecule has 1 aliphatic heterocycles. The molecule has 1 aromatic rings. The van der Waals surface area contributed by atoms with E-state index < -0.39 is 14.6 Å². The Kier molecular flexibility index (Phi) is 5.08. The average Bonchev–Trinajstić information content (AvgIpc) is 2.48. The molecule has 2 aliphatic rings. The molecule has 1 unspecified atom stereocenters. The fourth-order valence-corrected chi connectivity index (χ4v) is 6.78. The van der Waals surface area contributed by atoms with Crippen LogP contribution in [0.1, 0.15) is 50.9 Å². The van der Waals surface area contributed by atoms with Crippen LogP contribution in [0.4, 0.5) is 5.82 Å². The first kappa shape index (κ1) is 18.6. The molecule has 0 aromatic carbocycles. The monoisotopic (exact) mass is 366 g/mol. The summed E-state index contributed by atoms with van der Waals surface area (Å²) in [6.45, 7) is 8.87. The second-order valence-electron chi connectivity index (χ2n) is 8.12. The fourth-order valence-electron chi connectivity index (χ4n) is 4.31. The summed E-state index contributed by atoms with van der Waals surface area (Å²) in [5.41, 5.74) is 1.02. The maximum Gasteiger partial charge on any atom is 0.156 e. The minimum absolute atomic E-state index is 0.321. The van der Waals surface area contributed by atoms with Gasteiger partial charge >= 0.3 is 0 Å². The van der Waals surface area contributed by atoms with E-state index in [-0.39, 0.29) is 0 Å². The predicted octanol–water partition coefficient (Wildman–Crippen LogP) is 2.23. The lowest BCUT2D eigenvalue weighted by atomic mass is 9.70. The molecule has 7 heteroatoms. The largest absolute Gasteiger partial charge is 0.369 e. The first-order chi connectivity index (χ1) is 11.7. The summed E-state index contributed by atoms with van der Waals surface area (Å²) in [6, 6.07) is 0.716. The van der Waals surface area contributed by atoms with Crippen LogP contribution in [0.3, 0.4) is 0 Å². The number of hydrogen-bond donors (Lipinski definition) is 2. The molecule has 0 bridgehead atoms. The third-order valence-electron chi connectivity index (χ3n) is 5.55. The normalized spacial score (nSPS) is 31.1. The summed E-state index contributed by atoms with van der Waals surface area (Å²) in [5.74, 6) is 2.32. The van der Waals surface area contributed by atoms with Gasteiger partial charge in [-0.2, -0.15) is 0 Å². The van der Waals surface area contributed by atoms with Crippen LogP contribution in [0, 0.1) is 19.8 Å². The lowest BCUT2D eigenvalue weighted by Gasteiger charge is -2.51. The van der Waals surface area contributed by atoms with Gasteiger partial charge in [-0.25, -0.2) is 18.4 Å². The molecule has 6 nitrogen and oxygen atoms in total. The van der Waals surface area contributed by atoms with Gasteiger partial charge in [0.05, 0.1) is 10.5 Å². The second kappa shape index (κ2) is 6.83. The molecular weight excluding hydrogens is 336 g/mol. The smallest absolute Gasteiger partial charge is 0.156 e. The summed E-state index contributed by atoms with van der Waals surface area (Å²) >= 11 is 0. The number of anilines is 1. The summed E-state index contributed by atoms with van der Waals surface area (Å²) < 4.78 is 24.8. The summed E-state index contributed by atoms with van der Waals surface area (Å²) in [4.78, 5) is 8.61. The van der Waals surface area contributed by atoms with Crippen molar-refractivity contribution in [3.05, 3.63) is 17.6 Å². The molecule has 1 spiro atoms. The van der Waals surface area contributed by atoms with Crippen molar-refractivity contribution >= 4 is 15.7 Å². The topological polar surface area (TPSA) is 84.0 Å². The quantitative estimate of drug-likeness (QED) is 0.831. The Morgan fingerprint density at radius 3 is 2.68 bits per heavy atom. The molecule has 3 rings (SSSR count). The molecule has 2 N–H and O–H groups in total. The molecule has 1 saturated heterocycles. The van der Waals surface area contributed by atoms with Gasteiger partial charge < -0.3 is 10.6 Å². The molecule has 2 heterocycles. The molecule has 0 radical (unpaired) electrons. The van der Waals surface area contributed by atoms with Crippen molar-refractivity contribution in [2.24, 2.45) is 5.92 Å². The van der Waals surface area contributed by atoms with Crippen LogP contribution in [0.5, 0.6) is 0 Å². The number of sulfone groups is 1. The van der Waals surface area contributed by atoms with Crippen molar-refractivity contribution in [2.45, 2.75) is 70.2 Å². The third kappa shape index (κ3) is 3.82. The van der Waals surface area contributed by atoms with Gasteiger partial charge in [0.25, 0.3) is 0 Å². The van der Waals surface area contributed by atoms with Gasteiger partial charge in [-0.1, -0.05) is 13.8 Å². The zero-order chi connectivity index (χ0) is 18.2. The Balaban J connectivity index is 1.60. The molecule has 1 aromatic heterocycles. The molecule has 25 heavy (non-hydrogen) atoms. The first-order valence-electron chi connectivity index (χ1n) is 9.23. The van der Waals surface area contributed by atoms with Gasteiger partial charge in [0.2, 0.25) is 0 Å². The summed E-state index contributed by atoms with van der Waals surface area (Å²) in [6.07, 6.45) is 4.85. The van der Waals surface area contributed by atoms with E-state index in [1.165, 1.54) is 0 Å². The highest BCUT2D eigenvalue weighted by Gasteiger charge is 2.56. The van der Waals surface area contributed by atoms with Crippen LogP contribution in [-0.2, 0) is 9.84 Å². The molecular formula is C18H30N4O2S. The van der Waals surface area contributed by atoms with E-state index >= 15 is 0 Å². The number of aromatic nitrogens is 2. The van der Waals surface area contributed by atoms with Crippen LogP contribution in [0.2, 0.25) is 0 Å². The van der Waals surface area contributed by atoms with E-state index in [0.29, 0.717) is 23.8 Å². The molecule has 140 valence electrons. The number of nitrogens with zero attached hydrogens (tertiary/aromatic N) is 2. The Morgan fingerprint density at radius 2 is 2.00 bits per heavy atom. The van der Waals surface area contributed by atoms with Crippen molar-refractivity contribution in [1.82, 2.24) is 15.3 Å². The van der Waals surface area contributed by atoms with Crippen LogP contribution in [-0.4, -0.2) is 47.5 Å². The highest BCUT2D eigenvalue weighted by molar-refractivity contribution is 7.92. The zero-order valence-corrected chi connectivity index (χ0v) is 16.5. The van der Waals surface area contributed by atoms with E-state index in [1.54, 1.807) is 0 Å². The Hall–Kier alpha value is -1.21. The number of nitrogens with one attached hydrogen (secondary N) is 2. The highest BCUT2D eigenvalue weighted by atomic mass is 32.2. The van der Waals surface area contributed by atoms with E-state index in [9.17, 15) is 8.42 Å². The lowest BCUT2D eigenvalue weighted by molar-refractivity contribution is 0.185. The Morgan fingerprint density at radius 1 is 1.28 bits per heavy atom. The second-order valence-corrected chi connectivity index (χ2v) is 10.6.